The van der Waals surface area contributed by atoms with E-state index in [1.165, 1.54) is 0 Å². The Morgan fingerprint density at radius 1 is 1.18 bits per heavy atom. The number of hydrogen-bond donors (Lipinski definition) is 4. The second kappa shape index (κ2) is 6.44. The lowest BCUT2D eigenvalue weighted by atomic mass is 9.82. The monoisotopic (exact) mass is 246 g/mol. The van der Waals surface area contributed by atoms with E-state index in [0.29, 0.717) is 6.54 Å². The van der Waals surface area contributed by atoms with Crippen molar-refractivity contribution in [2.24, 2.45) is 11.3 Å². The minimum absolute atomic E-state index is 0.0911. The van der Waals surface area contributed by atoms with Gasteiger partial charge in [0.05, 0.1) is 6.54 Å². The van der Waals surface area contributed by atoms with Crippen LogP contribution in [0.2, 0.25) is 0 Å². The molecule has 0 aliphatic heterocycles. The lowest BCUT2D eigenvalue weighted by molar-refractivity contribution is -0.146. The van der Waals surface area contributed by atoms with E-state index in [-0.39, 0.29) is 17.9 Å². The van der Waals surface area contributed by atoms with Gasteiger partial charge in [0, 0.05) is 6.54 Å². The van der Waals surface area contributed by atoms with Crippen LogP contribution in [0.15, 0.2) is 0 Å². The maximum absolute atomic E-state index is 11.3. The molecule has 0 aliphatic carbocycles. The molecule has 17 heavy (non-hydrogen) atoms. The second-order valence-corrected chi connectivity index (χ2v) is 5.21. The third-order valence-electron chi connectivity index (χ3n) is 2.79. The zero-order valence-electron chi connectivity index (χ0n) is 10.8. The van der Waals surface area contributed by atoms with Crippen LogP contribution in [0.4, 0.5) is 4.79 Å². The average molecular weight is 246 g/mol. The highest BCUT2D eigenvalue weighted by Crippen LogP contribution is 2.24. The number of nitrogens with one attached hydrogen (secondary N) is 2. The molecule has 0 aromatic rings. The first-order chi connectivity index (χ1) is 7.64. The quantitative estimate of drug-likeness (QED) is 0.564. The summed E-state index contributed by atoms with van der Waals surface area (Å²) in [5.41, 5.74) is 0.0911. The van der Waals surface area contributed by atoms with E-state index < -0.39 is 18.1 Å². The molecule has 0 fully saturated rings. The van der Waals surface area contributed by atoms with Crippen LogP contribution in [0.1, 0.15) is 27.7 Å². The van der Waals surface area contributed by atoms with Crippen LogP contribution in [0.25, 0.3) is 0 Å². The molecule has 0 radical (unpaired) electrons. The van der Waals surface area contributed by atoms with Gasteiger partial charge in [0.2, 0.25) is 0 Å². The van der Waals surface area contributed by atoms with Crippen molar-refractivity contribution in [1.29, 1.82) is 0 Å². The minimum atomic E-state index is -1.57. The van der Waals surface area contributed by atoms with Crippen LogP contribution in [0, 0.1) is 11.3 Å². The summed E-state index contributed by atoms with van der Waals surface area (Å²) >= 11 is 0. The number of carboxylic acids is 1. The molecule has 0 spiro atoms. The van der Waals surface area contributed by atoms with E-state index in [1.54, 1.807) is 0 Å². The van der Waals surface area contributed by atoms with Crippen molar-refractivity contribution in [2.75, 3.05) is 13.1 Å². The Hall–Kier alpha value is -1.30. The summed E-state index contributed by atoms with van der Waals surface area (Å²) in [5.74, 6) is -1.06. The molecule has 0 saturated heterocycles. The number of aliphatic carboxylic acids is 1. The van der Waals surface area contributed by atoms with Gasteiger partial charge in [0.1, 0.15) is 0 Å². The average Bonchev–Trinajstić information content (AvgIpc) is 2.20. The van der Waals surface area contributed by atoms with E-state index in [1.807, 2.05) is 6.92 Å². The molecule has 0 saturated carbocycles. The first kappa shape index (κ1) is 15.7. The van der Waals surface area contributed by atoms with E-state index in [2.05, 4.69) is 31.4 Å². The van der Waals surface area contributed by atoms with Crippen molar-refractivity contribution >= 4 is 12.0 Å². The van der Waals surface area contributed by atoms with Gasteiger partial charge in [-0.2, -0.15) is 0 Å². The highest BCUT2D eigenvalue weighted by Gasteiger charge is 2.20. The Kier molecular flexibility index (Phi) is 5.95. The second-order valence-electron chi connectivity index (χ2n) is 5.21. The van der Waals surface area contributed by atoms with Gasteiger partial charge in [0.15, 0.2) is 6.10 Å². The number of hydrogen-bond acceptors (Lipinski definition) is 3. The van der Waals surface area contributed by atoms with E-state index in [9.17, 15) is 9.59 Å². The first-order valence-electron chi connectivity index (χ1n) is 5.57. The van der Waals surface area contributed by atoms with E-state index in [0.717, 1.165) is 0 Å². The lowest BCUT2D eigenvalue weighted by Gasteiger charge is -2.27. The number of amides is 2. The molecule has 0 rings (SSSR count). The number of rotatable bonds is 5. The number of aliphatic hydroxyl groups excluding tert-OH is 1. The molecule has 0 bridgehead atoms. The van der Waals surface area contributed by atoms with Crippen LogP contribution in [-0.2, 0) is 4.79 Å². The maximum Gasteiger partial charge on any atom is 0.334 e. The number of carboxylic acid groups (broad SMARTS) is 1. The summed E-state index contributed by atoms with van der Waals surface area (Å²) < 4.78 is 0. The Morgan fingerprint density at radius 2 is 1.65 bits per heavy atom. The molecular formula is C11H22N2O4. The van der Waals surface area contributed by atoms with Gasteiger partial charge in [0.25, 0.3) is 0 Å². The van der Waals surface area contributed by atoms with Crippen LogP contribution in [0.5, 0.6) is 0 Å². The fourth-order valence-corrected chi connectivity index (χ4v) is 0.891. The summed E-state index contributed by atoms with van der Waals surface area (Å²) in [6.45, 7) is 8.44. The Morgan fingerprint density at radius 3 is 2.06 bits per heavy atom. The fourth-order valence-electron chi connectivity index (χ4n) is 0.891. The van der Waals surface area contributed by atoms with Crippen LogP contribution < -0.4 is 10.6 Å². The summed E-state index contributed by atoms with van der Waals surface area (Å²) in [6.07, 6.45) is -1.57. The lowest BCUT2D eigenvalue weighted by Crippen LogP contribution is -2.44. The van der Waals surface area contributed by atoms with Gasteiger partial charge >= 0.3 is 12.0 Å². The summed E-state index contributed by atoms with van der Waals surface area (Å²) in [4.78, 5) is 21.6. The van der Waals surface area contributed by atoms with Gasteiger partial charge in [-0.25, -0.2) is 9.59 Å². The summed E-state index contributed by atoms with van der Waals surface area (Å²) in [7, 11) is 0. The van der Waals surface area contributed by atoms with Crippen molar-refractivity contribution in [3.63, 3.8) is 0 Å². The smallest absolute Gasteiger partial charge is 0.334 e. The molecular weight excluding hydrogens is 224 g/mol. The zero-order valence-corrected chi connectivity index (χ0v) is 10.8. The van der Waals surface area contributed by atoms with Crippen molar-refractivity contribution in [1.82, 2.24) is 10.6 Å². The molecule has 6 nitrogen and oxygen atoms in total. The topological polar surface area (TPSA) is 98.7 Å². The highest BCUT2D eigenvalue weighted by molar-refractivity contribution is 5.76. The maximum atomic E-state index is 11.3. The third kappa shape index (κ3) is 6.78. The standard InChI is InChI=1S/C11H22N2O4/c1-7(11(2,3)4)5-12-10(17)13-6-8(14)9(15)16/h7-8,14H,5-6H2,1-4H3,(H,15,16)(H2,12,13,17). The molecule has 100 valence electrons. The molecule has 2 atom stereocenters. The van der Waals surface area contributed by atoms with Crippen molar-refractivity contribution in [2.45, 2.75) is 33.8 Å². The molecule has 2 unspecified atom stereocenters. The Labute approximate surface area is 101 Å². The Balaban J connectivity index is 3.85. The molecule has 0 aromatic heterocycles. The fraction of sp³-hybridized carbons (Fsp3) is 0.818. The highest BCUT2D eigenvalue weighted by atomic mass is 16.4. The molecule has 0 aromatic carbocycles. The van der Waals surface area contributed by atoms with Crippen molar-refractivity contribution in [3.8, 4) is 0 Å². The van der Waals surface area contributed by atoms with Crippen LogP contribution in [0.3, 0.4) is 0 Å². The summed E-state index contributed by atoms with van der Waals surface area (Å²) in [5, 5.41) is 22.3. The number of carbonyl (C=O) groups excluding carboxylic acids is 1. The van der Waals surface area contributed by atoms with Gasteiger partial charge in [-0.3, -0.25) is 0 Å². The summed E-state index contributed by atoms with van der Waals surface area (Å²) in [6, 6.07) is -0.471. The molecule has 4 N–H and O–H groups in total. The van der Waals surface area contributed by atoms with Crippen LogP contribution >= 0.6 is 0 Å². The molecule has 0 aliphatic rings. The van der Waals surface area contributed by atoms with E-state index in [4.69, 9.17) is 10.2 Å². The number of carbonyl (C=O) groups is 2. The number of urea groups is 1. The minimum Gasteiger partial charge on any atom is -0.479 e. The zero-order chi connectivity index (χ0) is 13.6. The van der Waals surface area contributed by atoms with Crippen molar-refractivity contribution < 1.29 is 19.8 Å². The number of aliphatic hydroxyl groups is 1. The van der Waals surface area contributed by atoms with Gasteiger partial charge in [-0.1, -0.05) is 27.7 Å². The predicted molar refractivity (Wildman–Crippen MR) is 63.7 cm³/mol. The van der Waals surface area contributed by atoms with Crippen LogP contribution in [-0.4, -0.2) is 41.4 Å². The molecule has 2 amide bonds. The first-order valence-corrected chi connectivity index (χ1v) is 5.57. The molecule has 0 heterocycles. The largest absolute Gasteiger partial charge is 0.479 e. The van der Waals surface area contributed by atoms with Gasteiger partial charge in [-0.15, -0.1) is 0 Å². The van der Waals surface area contributed by atoms with Gasteiger partial charge in [-0.05, 0) is 11.3 Å². The SMILES string of the molecule is CC(CNC(=O)NCC(O)C(=O)O)C(C)(C)C. The third-order valence-corrected chi connectivity index (χ3v) is 2.79. The Bertz CT molecular complexity index is 273. The van der Waals surface area contributed by atoms with E-state index >= 15 is 0 Å². The molecule has 6 heteroatoms. The van der Waals surface area contributed by atoms with Crippen molar-refractivity contribution in [3.05, 3.63) is 0 Å². The van der Waals surface area contributed by atoms with Gasteiger partial charge < -0.3 is 20.8 Å². The normalized spacial score (nSPS) is 14.9. The predicted octanol–water partition coefficient (Wildman–Crippen LogP) is 0.413.